The maximum atomic E-state index is 4.28. The number of aromatic nitrogens is 1. The Morgan fingerprint density at radius 2 is 2.18 bits per heavy atom. The summed E-state index contributed by atoms with van der Waals surface area (Å²) in [7, 11) is 4.08. The molecule has 0 aliphatic carbocycles. The van der Waals surface area contributed by atoms with Crippen molar-refractivity contribution in [3.63, 3.8) is 0 Å². The highest BCUT2D eigenvalue weighted by Gasteiger charge is 2.00. The van der Waals surface area contributed by atoms with Crippen LogP contribution in [0.2, 0.25) is 0 Å². The molecule has 11 heavy (non-hydrogen) atoms. The molecule has 60 valence electrons. The fourth-order valence-corrected chi connectivity index (χ4v) is 1.11. The van der Waals surface area contributed by atoms with Gasteiger partial charge in [-0.2, -0.15) is 0 Å². The van der Waals surface area contributed by atoms with Crippen LogP contribution in [0.5, 0.6) is 0 Å². The molecule has 1 aromatic heterocycles. The maximum Gasteiger partial charge on any atom is 0.0633 e. The minimum Gasteiger partial charge on any atom is -0.376 e. The number of nitrogens with zero attached hydrogens (tertiary/aromatic N) is 2. The van der Waals surface area contributed by atoms with Crippen LogP contribution in [-0.2, 0) is 6.42 Å². The lowest BCUT2D eigenvalue weighted by Crippen LogP contribution is -2.11. The van der Waals surface area contributed by atoms with E-state index in [0.717, 1.165) is 12.1 Å². The van der Waals surface area contributed by atoms with Gasteiger partial charge in [0.25, 0.3) is 0 Å². The molecule has 1 rings (SSSR count). The van der Waals surface area contributed by atoms with Gasteiger partial charge in [0, 0.05) is 20.3 Å². The van der Waals surface area contributed by atoms with Gasteiger partial charge in [0.1, 0.15) is 0 Å². The highest BCUT2D eigenvalue weighted by atomic mass is 15.1. The first-order valence-corrected chi connectivity index (χ1v) is 3.87. The van der Waals surface area contributed by atoms with Crippen molar-refractivity contribution in [2.45, 2.75) is 13.3 Å². The quantitative estimate of drug-likeness (QED) is 0.638. The van der Waals surface area contributed by atoms with Crippen LogP contribution in [0.3, 0.4) is 0 Å². The van der Waals surface area contributed by atoms with Crippen LogP contribution in [0.15, 0.2) is 18.3 Å². The third-order valence-corrected chi connectivity index (χ3v) is 1.68. The molecule has 0 bridgehead atoms. The van der Waals surface area contributed by atoms with Gasteiger partial charge in [-0.25, -0.2) is 0 Å². The summed E-state index contributed by atoms with van der Waals surface area (Å²) in [6.45, 7) is 2.12. The van der Waals surface area contributed by atoms with Gasteiger partial charge < -0.3 is 4.90 Å². The lowest BCUT2D eigenvalue weighted by molar-refractivity contribution is 0.993. The van der Waals surface area contributed by atoms with Crippen LogP contribution in [-0.4, -0.2) is 19.1 Å². The standard InChI is InChI=1S/C9H14N2/c1-4-8-9(11(2)3)6-5-7-10-8/h5-7H,4H2,1-3H3. The summed E-state index contributed by atoms with van der Waals surface area (Å²) >= 11 is 0. The predicted octanol–water partition coefficient (Wildman–Crippen LogP) is 1.71. The summed E-state index contributed by atoms with van der Waals surface area (Å²) < 4.78 is 0. The second-order valence-electron chi connectivity index (χ2n) is 2.72. The first-order valence-electron chi connectivity index (χ1n) is 3.87. The van der Waals surface area contributed by atoms with Crippen LogP contribution >= 0.6 is 0 Å². The zero-order valence-corrected chi connectivity index (χ0v) is 7.33. The molecule has 0 saturated heterocycles. The molecule has 0 aromatic carbocycles. The molecule has 0 saturated carbocycles. The maximum absolute atomic E-state index is 4.28. The number of hydrogen-bond donors (Lipinski definition) is 0. The minimum absolute atomic E-state index is 0.994. The predicted molar refractivity (Wildman–Crippen MR) is 47.9 cm³/mol. The topological polar surface area (TPSA) is 16.1 Å². The molecule has 0 spiro atoms. The van der Waals surface area contributed by atoms with Crippen molar-refractivity contribution < 1.29 is 0 Å². The van der Waals surface area contributed by atoms with Crippen molar-refractivity contribution >= 4 is 5.69 Å². The van der Waals surface area contributed by atoms with Crippen LogP contribution in [0, 0.1) is 0 Å². The van der Waals surface area contributed by atoms with Crippen LogP contribution < -0.4 is 4.90 Å². The number of hydrogen-bond acceptors (Lipinski definition) is 2. The zero-order chi connectivity index (χ0) is 8.27. The summed E-state index contributed by atoms with van der Waals surface area (Å²) in [6, 6.07) is 4.06. The molecule has 0 amide bonds. The molecule has 1 heterocycles. The number of anilines is 1. The van der Waals surface area contributed by atoms with Crippen LogP contribution in [0.25, 0.3) is 0 Å². The minimum atomic E-state index is 0.994. The SMILES string of the molecule is CCc1ncccc1N(C)C. The summed E-state index contributed by atoms with van der Waals surface area (Å²) in [5.74, 6) is 0. The Balaban J connectivity index is 3.02. The van der Waals surface area contributed by atoms with E-state index in [4.69, 9.17) is 0 Å². The van der Waals surface area contributed by atoms with E-state index in [9.17, 15) is 0 Å². The Bertz CT molecular complexity index is 231. The molecule has 0 unspecified atom stereocenters. The van der Waals surface area contributed by atoms with E-state index in [1.54, 1.807) is 0 Å². The molecule has 2 heteroatoms. The smallest absolute Gasteiger partial charge is 0.0633 e. The summed E-state index contributed by atoms with van der Waals surface area (Å²) in [6.07, 6.45) is 2.83. The normalized spacial score (nSPS) is 9.73. The van der Waals surface area contributed by atoms with Crippen LogP contribution in [0.4, 0.5) is 5.69 Å². The second-order valence-corrected chi connectivity index (χ2v) is 2.72. The van der Waals surface area contributed by atoms with E-state index in [2.05, 4.69) is 22.9 Å². The van der Waals surface area contributed by atoms with Gasteiger partial charge in [-0.1, -0.05) is 6.92 Å². The van der Waals surface area contributed by atoms with Gasteiger partial charge >= 0.3 is 0 Å². The third-order valence-electron chi connectivity index (χ3n) is 1.68. The summed E-state index contributed by atoms with van der Waals surface area (Å²) in [5, 5.41) is 0. The Labute approximate surface area is 67.9 Å². The summed E-state index contributed by atoms with van der Waals surface area (Å²) in [5.41, 5.74) is 2.38. The number of aryl methyl sites for hydroxylation is 1. The largest absolute Gasteiger partial charge is 0.376 e. The Morgan fingerprint density at radius 1 is 1.45 bits per heavy atom. The van der Waals surface area contributed by atoms with Gasteiger partial charge in [0.05, 0.1) is 11.4 Å². The van der Waals surface area contributed by atoms with E-state index in [0.29, 0.717) is 0 Å². The molecule has 0 N–H and O–H groups in total. The van der Waals surface area contributed by atoms with Crippen molar-refractivity contribution in [2.75, 3.05) is 19.0 Å². The summed E-state index contributed by atoms with van der Waals surface area (Å²) in [4.78, 5) is 6.37. The van der Waals surface area contributed by atoms with Gasteiger partial charge in [-0.15, -0.1) is 0 Å². The Morgan fingerprint density at radius 3 is 2.64 bits per heavy atom. The monoisotopic (exact) mass is 150 g/mol. The van der Waals surface area contributed by atoms with E-state index >= 15 is 0 Å². The molecular formula is C9H14N2. The van der Waals surface area contributed by atoms with Crippen molar-refractivity contribution in [3.05, 3.63) is 24.0 Å². The fourth-order valence-electron chi connectivity index (χ4n) is 1.11. The molecule has 2 nitrogen and oxygen atoms in total. The highest BCUT2D eigenvalue weighted by molar-refractivity contribution is 5.48. The van der Waals surface area contributed by atoms with Crippen molar-refractivity contribution in [1.82, 2.24) is 4.98 Å². The van der Waals surface area contributed by atoms with E-state index < -0.39 is 0 Å². The average molecular weight is 150 g/mol. The molecule has 0 fully saturated rings. The highest BCUT2D eigenvalue weighted by Crippen LogP contribution is 2.14. The molecule has 0 aliphatic rings. The Hall–Kier alpha value is -1.05. The van der Waals surface area contributed by atoms with Crippen molar-refractivity contribution in [2.24, 2.45) is 0 Å². The number of pyridine rings is 1. The first kappa shape index (κ1) is 8.05. The van der Waals surface area contributed by atoms with Gasteiger partial charge in [-0.3, -0.25) is 4.98 Å². The van der Waals surface area contributed by atoms with E-state index in [1.807, 2.05) is 26.4 Å². The Kier molecular flexibility index (Phi) is 2.47. The van der Waals surface area contributed by atoms with Crippen molar-refractivity contribution in [1.29, 1.82) is 0 Å². The molecular weight excluding hydrogens is 136 g/mol. The lowest BCUT2D eigenvalue weighted by atomic mass is 10.2. The van der Waals surface area contributed by atoms with Crippen LogP contribution in [0.1, 0.15) is 12.6 Å². The van der Waals surface area contributed by atoms with Gasteiger partial charge in [0.2, 0.25) is 0 Å². The van der Waals surface area contributed by atoms with Gasteiger partial charge in [0.15, 0.2) is 0 Å². The molecule has 1 aromatic rings. The number of rotatable bonds is 2. The molecule has 0 aliphatic heterocycles. The fraction of sp³-hybridized carbons (Fsp3) is 0.444. The van der Waals surface area contributed by atoms with E-state index in [1.165, 1.54) is 5.69 Å². The second kappa shape index (κ2) is 3.37. The lowest BCUT2D eigenvalue weighted by Gasteiger charge is -2.14. The van der Waals surface area contributed by atoms with E-state index in [-0.39, 0.29) is 0 Å². The third kappa shape index (κ3) is 1.70. The zero-order valence-electron chi connectivity index (χ0n) is 7.33. The molecule has 0 atom stereocenters. The van der Waals surface area contributed by atoms with Gasteiger partial charge in [-0.05, 0) is 18.6 Å². The molecule has 0 radical (unpaired) electrons. The first-order chi connectivity index (χ1) is 5.25. The average Bonchev–Trinajstić information content (AvgIpc) is 2.04. The van der Waals surface area contributed by atoms with Crippen molar-refractivity contribution in [3.8, 4) is 0 Å².